The van der Waals surface area contributed by atoms with Crippen molar-refractivity contribution in [2.24, 2.45) is 0 Å². The standard InChI is InChI=1S/C25H26N4O3S2/c1-14-10-15(2)23(16(3)11-14)27-25(30)19-12-20(21-6-5-8-33-21)26-24-22(19)17(4)28-29(24)18-7-9-34(31,32)13-18/h5-6,8,10-12,18H,7,9,13H2,1-4H3,(H,27,30). The number of amides is 1. The van der Waals surface area contributed by atoms with Gasteiger partial charge in [0.1, 0.15) is 0 Å². The lowest BCUT2D eigenvalue weighted by Crippen LogP contribution is -2.16. The van der Waals surface area contributed by atoms with Crippen molar-refractivity contribution in [1.82, 2.24) is 14.8 Å². The number of nitrogens with zero attached hydrogens (tertiary/aromatic N) is 3. The molecule has 1 fully saturated rings. The van der Waals surface area contributed by atoms with E-state index in [0.29, 0.717) is 34.4 Å². The van der Waals surface area contributed by atoms with Crippen LogP contribution in [0.15, 0.2) is 35.7 Å². The maximum absolute atomic E-state index is 13.7. The summed E-state index contributed by atoms with van der Waals surface area (Å²) in [5.41, 5.74) is 6.30. The average Bonchev–Trinajstić information content (AvgIpc) is 3.49. The maximum Gasteiger partial charge on any atom is 0.256 e. The third kappa shape index (κ3) is 4.03. The van der Waals surface area contributed by atoms with Gasteiger partial charge in [-0.25, -0.2) is 18.1 Å². The number of hydrogen-bond acceptors (Lipinski definition) is 6. The maximum atomic E-state index is 13.7. The van der Waals surface area contributed by atoms with Crippen LogP contribution >= 0.6 is 11.3 Å². The van der Waals surface area contributed by atoms with Crippen LogP contribution in [0.4, 0.5) is 5.69 Å². The van der Waals surface area contributed by atoms with Gasteiger partial charge in [0, 0.05) is 5.69 Å². The van der Waals surface area contributed by atoms with Gasteiger partial charge in [0.05, 0.1) is 44.8 Å². The quantitative estimate of drug-likeness (QED) is 0.431. The molecule has 1 atom stereocenters. The molecule has 5 rings (SSSR count). The second kappa shape index (κ2) is 8.32. The molecule has 1 N–H and O–H groups in total. The highest BCUT2D eigenvalue weighted by molar-refractivity contribution is 7.91. The van der Waals surface area contributed by atoms with Crippen LogP contribution < -0.4 is 5.32 Å². The summed E-state index contributed by atoms with van der Waals surface area (Å²) in [6.07, 6.45) is 0.493. The second-order valence-electron chi connectivity index (χ2n) is 9.05. The first-order valence-electron chi connectivity index (χ1n) is 11.2. The number of hydrogen-bond donors (Lipinski definition) is 1. The van der Waals surface area contributed by atoms with Gasteiger partial charge < -0.3 is 5.32 Å². The minimum Gasteiger partial charge on any atom is -0.321 e. The lowest BCUT2D eigenvalue weighted by atomic mass is 10.0. The number of pyridine rings is 1. The first-order valence-corrected chi connectivity index (χ1v) is 13.9. The number of thiophene rings is 1. The molecule has 3 aromatic heterocycles. The van der Waals surface area contributed by atoms with Gasteiger partial charge in [-0.1, -0.05) is 23.8 Å². The molecule has 0 aliphatic carbocycles. The molecule has 34 heavy (non-hydrogen) atoms. The summed E-state index contributed by atoms with van der Waals surface area (Å²) < 4.78 is 26.0. The van der Waals surface area contributed by atoms with Gasteiger partial charge in [-0.15, -0.1) is 11.3 Å². The normalized spacial score (nSPS) is 17.4. The highest BCUT2D eigenvalue weighted by Crippen LogP contribution is 2.34. The van der Waals surface area contributed by atoms with E-state index < -0.39 is 9.84 Å². The summed E-state index contributed by atoms with van der Waals surface area (Å²) >= 11 is 1.54. The number of carbonyl (C=O) groups is 1. The van der Waals surface area contributed by atoms with Crippen LogP contribution in [-0.2, 0) is 9.84 Å². The van der Waals surface area contributed by atoms with Crippen molar-refractivity contribution in [2.45, 2.75) is 40.2 Å². The molecule has 4 heterocycles. The topological polar surface area (TPSA) is 93.9 Å². The molecule has 176 valence electrons. The Labute approximate surface area is 202 Å². The van der Waals surface area contributed by atoms with E-state index >= 15 is 0 Å². The van der Waals surface area contributed by atoms with E-state index in [1.807, 2.05) is 63.4 Å². The summed E-state index contributed by atoms with van der Waals surface area (Å²) in [6.45, 7) is 7.84. The van der Waals surface area contributed by atoms with Crippen molar-refractivity contribution < 1.29 is 13.2 Å². The zero-order valence-electron chi connectivity index (χ0n) is 19.5. The molecule has 1 aliphatic heterocycles. The number of anilines is 1. The van der Waals surface area contributed by atoms with Crippen LogP contribution in [-0.4, -0.2) is 40.6 Å². The summed E-state index contributed by atoms with van der Waals surface area (Å²) in [6, 6.07) is 9.52. The van der Waals surface area contributed by atoms with E-state index in [1.54, 1.807) is 16.0 Å². The number of fused-ring (bicyclic) bond motifs is 1. The summed E-state index contributed by atoms with van der Waals surface area (Å²) in [7, 11) is -3.10. The zero-order valence-corrected chi connectivity index (χ0v) is 21.2. The van der Waals surface area contributed by atoms with E-state index in [4.69, 9.17) is 4.98 Å². The van der Waals surface area contributed by atoms with Crippen LogP contribution in [0.25, 0.3) is 21.6 Å². The Morgan fingerprint density at radius 3 is 2.50 bits per heavy atom. The molecule has 7 nitrogen and oxygen atoms in total. The van der Waals surface area contributed by atoms with Crippen molar-refractivity contribution in [3.8, 4) is 10.6 Å². The van der Waals surface area contributed by atoms with Gasteiger partial charge in [0.25, 0.3) is 5.91 Å². The summed E-state index contributed by atoms with van der Waals surface area (Å²) in [5.74, 6) is -0.0543. The fourth-order valence-corrected chi connectivity index (χ4v) is 7.20. The molecular formula is C25H26N4O3S2. The zero-order chi connectivity index (χ0) is 24.2. The van der Waals surface area contributed by atoms with Gasteiger partial charge in [-0.05, 0) is 62.8 Å². The third-order valence-corrected chi connectivity index (χ3v) is 8.97. The molecule has 1 aromatic carbocycles. The SMILES string of the molecule is Cc1cc(C)c(NC(=O)c2cc(-c3cccs3)nc3c2c(C)nn3C2CCS(=O)(=O)C2)c(C)c1. The Bertz CT molecular complexity index is 1510. The molecule has 0 spiro atoms. The number of sulfone groups is 1. The third-order valence-electron chi connectivity index (χ3n) is 6.32. The van der Waals surface area contributed by atoms with E-state index in [2.05, 4.69) is 10.4 Å². The van der Waals surface area contributed by atoms with Gasteiger partial charge in [-0.2, -0.15) is 5.10 Å². The van der Waals surface area contributed by atoms with E-state index in [-0.39, 0.29) is 23.5 Å². The molecule has 0 radical (unpaired) electrons. The number of nitrogens with one attached hydrogen (secondary N) is 1. The molecule has 1 unspecified atom stereocenters. The number of aromatic nitrogens is 3. The van der Waals surface area contributed by atoms with Crippen molar-refractivity contribution in [2.75, 3.05) is 16.8 Å². The summed E-state index contributed by atoms with van der Waals surface area (Å²) in [4.78, 5) is 19.5. The van der Waals surface area contributed by atoms with Crippen LogP contribution in [0.3, 0.4) is 0 Å². The molecule has 1 amide bonds. The fraction of sp³-hybridized carbons (Fsp3) is 0.320. The lowest BCUT2D eigenvalue weighted by molar-refractivity contribution is 0.102. The largest absolute Gasteiger partial charge is 0.321 e. The first-order chi connectivity index (χ1) is 16.1. The van der Waals surface area contributed by atoms with E-state index in [0.717, 1.165) is 27.3 Å². The van der Waals surface area contributed by atoms with Gasteiger partial charge in [-0.3, -0.25) is 4.79 Å². The fourth-order valence-electron chi connectivity index (χ4n) is 4.82. The summed E-state index contributed by atoms with van der Waals surface area (Å²) in [5, 5.41) is 10.4. The Morgan fingerprint density at radius 1 is 1.15 bits per heavy atom. The Balaban J connectivity index is 1.67. The number of rotatable bonds is 4. The molecule has 4 aromatic rings. The Kier molecular flexibility index (Phi) is 5.56. The van der Waals surface area contributed by atoms with Crippen LogP contribution in [0.2, 0.25) is 0 Å². The van der Waals surface area contributed by atoms with Crippen LogP contribution in [0, 0.1) is 27.7 Å². The molecule has 1 aliphatic rings. The number of benzene rings is 1. The van der Waals surface area contributed by atoms with E-state index in [9.17, 15) is 13.2 Å². The van der Waals surface area contributed by atoms with Crippen molar-refractivity contribution in [3.63, 3.8) is 0 Å². The minimum atomic E-state index is -3.10. The monoisotopic (exact) mass is 494 g/mol. The van der Waals surface area contributed by atoms with Crippen molar-refractivity contribution in [3.05, 3.63) is 63.7 Å². The molecule has 0 bridgehead atoms. The second-order valence-corrected chi connectivity index (χ2v) is 12.2. The first kappa shape index (κ1) is 22.7. The van der Waals surface area contributed by atoms with Crippen molar-refractivity contribution in [1.29, 1.82) is 0 Å². The van der Waals surface area contributed by atoms with Gasteiger partial charge in [0.15, 0.2) is 15.5 Å². The average molecular weight is 495 g/mol. The van der Waals surface area contributed by atoms with Crippen molar-refractivity contribution >= 4 is 43.8 Å². The highest BCUT2D eigenvalue weighted by atomic mass is 32.2. The molecule has 9 heteroatoms. The van der Waals surface area contributed by atoms with Crippen LogP contribution in [0.1, 0.15) is 45.2 Å². The molecular weight excluding hydrogens is 468 g/mol. The minimum absolute atomic E-state index is 0.0391. The van der Waals surface area contributed by atoms with E-state index in [1.165, 1.54) is 0 Å². The molecule has 1 saturated heterocycles. The predicted octanol–water partition coefficient (Wildman–Crippen LogP) is 5.01. The Hall–Kier alpha value is -3.04. The number of carbonyl (C=O) groups excluding carboxylic acids is 1. The smallest absolute Gasteiger partial charge is 0.256 e. The Morgan fingerprint density at radius 2 is 1.88 bits per heavy atom. The number of aryl methyl sites for hydroxylation is 4. The van der Waals surface area contributed by atoms with Crippen LogP contribution in [0.5, 0.6) is 0 Å². The van der Waals surface area contributed by atoms with Gasteiger partial charge >= 0.3 is 0 Å². The van der Waals surface area contributed by atoms with Gasteiger partial charge in [0.2, 0.25) is 0 Å². The highest BCUT2D eigenvalue weighted by Gasteiger charge is 2.32. The molecule has 0 saturated carbocycles. The predicted molar refractivity (Wildman–Crippen MR) is 136 cm³/mol. The lowest BCUT2D eigenvalue weighted by Gasteiger charge is -2.14.